The second-order valence-corrected chi connectivity index (χ2v) is 23.2. The van der Waals surface area contributed by atoms with Gasteiger partial charge in [0.2, 0.25) is 0 Å². The summed E-state index contributed by atoms with van der Waals surface area (Å²) in [5, 5.41) is 12.4. The average molecular weight is 1070 g/mol. The van der Waals surface area contributed by atoms with Gasteiger partial charge in [-0.25, -0.2) is 0 Å². The van der Waals surface area contributed by atoms with E-state index in [9.17, 15) is 0 Å². The Morgan fingerprint density at radius 1 is 0.345 bits per heavy atom. The van der Waals surface area contributed by atoms with E-state index in [0.717, 1.165) is 44.9 Å². The topological polar surface area (TPSA) is 18.5 Å². The highest BCUT2D eigenvalue weighted by Crippen LogP contribution is 2.56. The highest BCUT2D eigenvalue weighted by Gasteiger charge is 2.39. The van der Waals surface area contributed by atoms with Gasteiger partial charge in [-0.2, -0.15) is 0 Å². The Labute approximate surface area is 487 Å². The predicted molar refractivity (Wildman–Crippen MR) is 349 cm³/mol. The normalized spacial score (nSPS) is 17.8. The van der Waals surface area contributed by atoms with E-state index >= 15 is 0 Å². The summed E-state index contributed by atoms with van der Waals surface area (Å²) >= 11 is 0. The van der Waals surface area contributed by atoms with Crippen LogP contribution in [0.3, 0.4) is 0 Å². The Hall–Kier alpha value is -10.5. The molecule has 0 radical (unpaired) electrons. The molecule has 0 saturated carbocycles. The summed E-state index contributed by atoms with van der Waals surface area (Å²) in [5.41, 5.74) is 20.9. The quantitative estimate of drug-likeness (QED) is 0.155. The lowest BCUT2D eigenvalue weighted by atomic mass is 9.66. The second-order valence-electron chi connectivity index (χ2n) is 23.2. The largest absolute Gasteiger partial charge is 0.485 e. The molecule has 2 aliphatic heterocycles. The lowest BCUT2D eigenvalue weighted by molar-refractivity contribution is 0.270. The minimum atomic E-state index is -0.131. The molecule has 2 heterocycles. The van der Waals surface area contributed by atoms with Gasteiger partial charge in [-0.3, -0.25) is 0 Å². The van der Waals surface area contributed by atoms with Crippen molar-refractivity contribution in [1.82, 2.24) is 0 Å². The van der Waals surface area contributed by atoms with Crippen LogP contribution in [0.15, 0.2) is 297 Å². The first kappa shape index (κ1) is 47.1. The Morgan fingerprint density at radius 2 is 0.964 bits per heavy atom. The molecule has 2 nitrogen and oxygen atoms in total. The molecular weight excluding hydrogens is 1020 g/mol. The molecule has 0 bridgehead atoms. The summed E-state index contributed by atoms with van der Waals surface area (Å²) in [4.78, 5) is 0. The fourth-order valence-corrected chi connectivity index (χ4v) is 15.0. The Morgan fingerprint density at radius 3 is 1.74 bits per heavy atom. The molecule has 0 N–H and O–H groups in total. The van der Waals surface area contributed by atoms with Crippen molar-refractivity contribution >= 4 is 65.0 Å². The van der Waals surface area contributed by atoms with Gasteiger partial charge >= 0.3 is 0 Å². The van der Waals surface area contributed by atoms with Crippen LogP contribution in [0.4, 0.5) is 0 Å². The molecule has 2 heteroatoms. The first-order chi connectivity index (χ1) is 41.6. The summed E-state index contributed by atoms with van der Waals surface area (Å²) in [5.74, 6) is 3.20. The van der Waals surface area contributed by atoms with Gasteiger partial charge in [0.25, 0.3) is 0 Å². The molecule has 13 aromatic carbocycles. The van der Waals surface area contributed by atoms with Gasteiger partial charge in [-0.15, -0.1) is 0 Å². The van der Waals surface area contributed by atoms with Crippen molar-refractivity contribution in [3.8, 4) is 61.8 Å². The monoisotopic (exact) mass is 1070 g/mol. The Kier molecular flexibility index (Phi) is 10.4. The molecule has 4 unspecified atom stereocenters. The van der Waals surface area contributed by atoms with Crippen molar-refractivity contribution in [1.29, 1.82) is 0 Å². The zero-order valence-electron chi connectivity index (χ0n) is 45.8. The van der Waals surface area contributed by atoms with Gasteiger partial charge in [0.1, 0.15) is 23.4 Å². The molecule has 18 rings (SSSR count). The number of allylic oxidation sites excluding steroid dienone is 7. The molecule has 13 aromatic rings. The van der Waals surface area contributed by atoms with Crippen LogP contribution in [-0.2, 0) is 0 Å². The van der Waals surface area contributed by atoms with E-state index < -0.39 is 0 Å². The van der Waals surface area contributed by atoms with Gasteiger partial charge < -0.3 is 9.47 Å². The molecule has 4 atom stereocenters. The van der Waals surface area contributed by atoms with E-state index in [-0.39, 0.29) is 23.9 Å². The smallest absolute Gasteiger partial charge is 0.135 e. The average Bonchev–Trinajstić information content (AvgIpc) is 2.32. The lowest BCUT2D eigenvalue weighted by Gasteiger charge is -2.37. The molecule has 0 saturated heterocycles. The summed E-state index contributed by atoms with van der Waals surface area (Å²) < 4.78 is 13.9. The fourth-order valence-electron chi connectivity index (χ4n) is 15.0. The molecule has 84 heavy (non-hydrogen) atoms. The number of ether oxygens (including phenoxy) is 2. The zero-order chi connectivity index (χ0) is 55.0. The van der Waals surface area contributed by atoms with E-state index in [1.54, 1.807) is 0 Å². The highest BCUT2D eigenvalue weighted by molar-refractivity contribution is 6.22. The summed E-state index contributed by atoms with van der Waals surface area (Å²) in [6.45, 7) is 0. The van der Waals surface area contributed by atoms with Gasteiger partial charge in [-0.1, -0.05) is 255 Å². The predicted octanol–water partition coefficient (Wildman–Crippen LogP) is 21.4. The van der Waals surface area contributed by atoms with Crippen LogP contribution in [0.2, 0.25) is 0 Å². The number of fused-ring (bicyclic) bond motifs is 12. The number of hydrogen-bond acceptors (Lipinski definition) is 2. The van der Waals surface area contributed by atoms with Crippen molar-refractivity contribution in [2.45, 2.75) is 17.9 Å². The Bertz CT molecular complexity index is 5080. The maximum Gasteiger partial charge on any atom is 0.135 e. The summed E-state index contributed by atoms with van der Waals surface area (Å²) in [6.07, 6.45) is 16.0. The standard InChI is InChI=1S/C82H52O2/c1-3-16-55-44-59(38-32-49(55)14-1)79-66-22-9-5-18-62(66)77(63-19-6-10-23-67(63)79)53-34-28-51(29-35-53)57-40-42-61-72-48-76-81(71-26-13-27-73(82(71)72)83-74(61)46-57)70-43-41-58(47-75(70)84-76)52-30-36-54(37-31-52)78-64-20-7-11-24-68(64)80(69-25-12-8-21-65(69)78)60-39-33-50-15-2-4-17-56(50)45-60/h1-48,68,70,75,80H. The van der Waals surface area contributed by atoms with Crippen LogP contribution in [0.5, 0.6) is 17.2 Å². The fraction of sp³-hybridized carbons (Fsp3) is 0.0488. The van der Waals surface area contributed by atoms with Crippen molar-refractivity contribution in [3.63, 3.8) is 0 Å². The molecule has 0 aromatic heterocycles. The number of hydrogen-bond donors (Lipinski definition) is 0. The third-order valence-corrected chi connectivity index (χ3v) is 18.8. The van der Waals surface area contributed by atoms with Gasteiger partial charge in [0, 0.05) is 39.8 Å². The number of benzene rings is 13. The maximum absolute atomic E-state index is 7.03. The molecule has 5 aliphatic rings. The van der Waals surface area contributed by atoms with Crippen LogP contribution >= 0.6 is 0 Å². The SMILES string of the molecule is C1=CC2=C(c3ccc(C4=CC5Oc6cc7c8c(cccc8c6C5C=C4)Oc4cc(-c5ccc(-c6c8ccccc8c(-c8ccc9ccccc9c8)c8ccccc68)cc5)ccc4-7)cc3)c3ccccc3C(c3ccc4ccccc4c3)C2C=C1. The number of rotatable bonds is 6. The Balaban J connectivity index is 0.642. The first-order valence-electron chi connectivity index (χ1n) is 29.4. The second kappa shape index (κ2) is 18.5. The van der Waals surface area contributed by atoms with E-state index in [1.807, 2.05) is 0 Å². The van der Waals surface area contributed by atoms with Crippen molar-refractivity contribution < 1.29 is 9.47 Å². The molecule has 392 valence electrons. The molecule has 0 spiro atoms. The third-order valence-electron chi connectivity index (χ3n) is 18.8. The van der Waals surface area contributed by atoms with E-state index in [4.69, 9.17) is 9.47 Å². The van der Waals surface area contributed by atoms with Gasteiger partial charge in [0.15, 0.2) is 0 Å². The van der Waals surface area contributed by atoms with E-state index in [0.29, 0.717) is 0 Å². The van der Waals surface area contributed by atoms with E-state index in [1.165, 1.54) is 121 Å². The van der Waals surface area contributed by atoms with Gasteiger partial charge in [-0.05, 0) is 163 Å². The van der Waals surface area contributed by atoms with E-state index in [2.05, 4.69) is 291 Å². The summed E-state index contributed by atoms with van der Waals surface area (Å²) in [6, 6.07) is 91.9. The van der Waals surface area contributed by atoms with Crippen LogP contribution in [0, 0.1) is 5.92 Å². The minimum Gasteiger partial charge on any atom is -0.485 e. The van der Waals surface area contributed by atoms with Crippen LogP contribution in [0.25, 0.3) is 110 Å². The third kappa shape index (κ3) is 7.23. The summed E-state index contributed by atoms with van der Waals surface area (Å²) in [7, 11) is 0. The van der Waals surface area contributed by atoms with Gasteiger partial charge in [0.05, 0.1) is 0 Å². The highest BCUT2D eigenvalue weighted by atomic mass is 16.5. The first-order valence-corrected chi connectivity index (χ1v) is 29.4. The van der Waals surface area contributed by atoms with Crippen molar-refractivity contribution in [3.05, 3.63) is 330 Å². The minimum absolute atomic E-state index is 0.0851. The molecule has 0 fully saturated rings. The molecule has 3 aliphatic carbocycles. The maximum atomic E-state index is 7.03. The molecule has 0 amide bonds. The zero-order valence-corrected chi connectivity index (χ0v) is 45.8. The molecular formula is C82H52O2. The van der Waals surface area contributed by atoms with Crippen molar-refractivity contribution in [2.75, 3.05) is 0 Å². The van der Waals surface area contributed by atoms with Crippen LogP contribution < -0.4 is 9.47 Å². The lowest BCUT2D eigenvalue weighted by Crippen LogP contribution is -2.22. The van der Waals surface area contributed by atoms with Crippen LogP contribution in [0.1, 0.15) is 45.2 Å². The van der Waals surface area contributed by atoms with Crippen LogP contribution in [-0.4, -0.2) is 6.10 Å². The van der Waals surface area contributed by atoms with Crippen molar-refractivity contribution in [2.24, 2.45) is 5.92 Å².